The predicted octanol–water partition coefficient (Wildman–Crippen LogP) is 2.42. The Morgan fingerprint density at radius 2 is 1.84 bits per heavy atom. The van der Waals surface area contributed by atoms with Gasteiger partial charge in [0.05, 0.1) is 10.5 Å². The molecule has 0 radical (unpaired) electrons. The molecule has 19 heavy (non-hydrogen) atoms. The van der Waals surface area contributed by atoms with Crippen molar-refractivity contribution >= 4 is 10.0 Å². The summed E-state index contributed by atoms with van der Waals surface area (Å²) in [7, 11) is -3.59. The number of hydrogen-bond donors (Lipinski definition) is 1. The number of rotatable bonds is 3. The lowest BCUT2D eigenvalue weighted by Gasteiger charge is -2.26. The number of nitrogens with one attached hydrogen (secondary N) is 1. The molecule has 5 heteroatoms. The molecule has 0 bridgehead atoms. The van der Waals surface area contributed by atoms with Gasteiger partial charge in [-0.2, -0.15) is 5.26 Å². The van der Waals surface area contributed by atoms with Crippen molar-refractivity contribution in [1.29, 1.82) is 5.26 Å². The highest BCUT2D eigenvalue weighted by Gasteiger charge is 2.25. The van der Waals surface area contributed by atoms with E-state index in [1.165, 1.54) is 12.1 Å². The minimum absolute atomic E-state index is 0.00653. The first kappa shape index (κ1) is 14.0. The Morgan fingerprint density at radius 3 is 2.47 bits per heavy atom. The van der Waals surface area contributed by atoms with Crippen LogP contribution in [0.2, 0.25) is 0 Å². The van der Waals surface area contributed by atoms with Crippen LogP contribution in [-0.4, -0.2) is 14.5 Å². The van der Waals surface area contributed by atoms with Crippen molar-refractivity contribution in [3.05, 3.63) is 29.8 Å². The van der Waals surface area contributed by atoms with Gasteiger partial charge >= 0.3 is 0 Å². The van der Waals surface area contributed by atoms with E-state index in [1.807, 2.05) is 6.07 Å². The zero-order valence-corrected chi connectivity index (χ0v) is 11.8. The summed E-state index contributed by atoms with van der Waals surface area (Å²) in [6, 6.07) is 8.23. The van der Waals surface area contributed by atoms with Crippen molar-refractivity contribution in [2.45, 2.75) is 43.5 Å². The van der Waals surface area contributed by atoms with Crippen molar-refractivity contribution in [3.8, 4) is 6.07 Å². The smallest absolute Gasteiger partial charge is 0.208 e. The van der Waals surface area contributed by atoms with E-state index in [9.17, 15) is 8.42 Å². The van der Waals surface area contributed by atoms with E-state index in [0.29, 0.717) is 5.92 Å². The lowest BCUT2D eigenvalue weighted by atomic mass is 9.88. The summed E-state index contributed by atoms with van der Waals surface area (Å²) in [4.78, 5) is 0.0797. The average Bonchev–Trinajstić information content (AvgIpc) is 2.41. The van der Waals surface area contributed by atoms with Crippen LogP contribution < -0.4 is 4.72 Å². The first-order valence-electron chi connectivity index (χ1n) is 6.54. The molecule has 0 aromatic heterocycles. The molecule has 0 heterocycles. The summed E-state index contributed by atoms with van der Waals surface area (Å²) in [5.74, 6) is 0.673. The molecule has 1 aromatic carbocycles. The van der Waals surface area contributed by atoms with E-state index < -0.39 is 10.0 Å². The third kappa shape index (κ3) is 3.34. The predicted molar refractivity (Wildman–Crippen MR) is 72.9 cm³/mol. The number of benzene rings is 1. The van der Waals surface area contributed by atoms with Gasteiger partial charge in [0.2, 0.25) is 10.0 Å². The molecule has 1 saturated carbocycles. The molecule has 1 aromatic rings. The van der Waals surface area contributed by atoms with Gasteiger partial charge in [-0.25, -0.2) is 13.1 Å². The number of sulfonamides is 1. The van der Waals surface area contributed by atoms with Crippen LogP contribution in [0.1, 0.15) is 38.2 Å². The van der Waals surface area contributed by atoms with Crippen molar-refractivity contribution in [3.63, 3.8) is 0 Å². The topological polar surface area (TPSA) is 70.0 Å². The van der Waals surface area contributed by atoms with Gasteiger partial charge in [-0.3, -0.25) is 0 Å². The average molecular weight is 278 g/mol. The number of nitrogens with zero attached hydrogens (tertiary/aromatic N) is 1. The monoisotopic (exact) mass is 278 g/mol. The Labute approximate surface area is 114 Å². The molecular weight excluding hydrogens is 260 g/mol. The third-order valence-electron chi connectivity index (χ3n) is 3.63. The summed E-state index contributed by atoms with van der Waals surface area (Å²) in [6.07, 6.45) is 3.84. The molecule has 4 nitrogen and oxygen atoms in total. The van der Waals surface area contributed by atoms with Crippen LogP contribution in [0.25, 0.3) is 0 Å². The van der Waals surface area contributed by atoms with Gasteiger partial charge in [0, 0.05) is 6.04 Å². The zero-order chi connectivity index (χ0) is 13.9. The molecule has 0 saturated heterocycles. The minimum Gasteiger partial charge on any atom is -0.208 e. The first-order valence-corrected chi connectivity index (χ1v) is 8.02. The van der Waals surface area contributed by atoms with E-state index in [0.717, 1.165) is 25.7 Å². The van der Waals surface area contributed by atoms with Crippen LogP contribution in [0, 0.1) is 17.2 Å². The van der Waals surface area contributed by atoms with Gasteiger partial charge in [-0.1, -0.05) is 19.1 Å². The van der Waals surface area contributed by atoms with Crippen molar-refractivity contribution < 1.29 is 8.42 Å². The van der Waals surface area contributed by atoms with Crippen molar-refractivity contribution in [1.82, 2.24) is 4.72 Å². The Bertz CT molecular complexity index is 582. The second kappa shape index (κ2) is 5.72. The van der Waals surface area contributed by atoms with Crippen LogP contribution in [-0.2, 0) is 10.0 Å². The van der Waals surface area contributed by atoms with Gasteiger partial charge in [0.15, 0.2) is 0 Å². The standard InChI is InChI=1S/C14H18N2O2S/c1-11-6-8-13(9-7-11)16-19(17,18)14-5-3-2-4-12(14)10-15/h2-5,11,13,16H,6-9H2,1H3. The minimum atomic E-state index is -3.59. The zero-order valence-electron chi connectivity index (χ0n) is 11.0. The molecule has 1 N–H and O–H groups in total. The highest BCUT2D eigenvalue weighted by atomic mass is 32.2. The first-order chi connectivity index (χ1) is 9.03. The SMILES string of the molecule is CC1CCC(NS(=O)(=O)c2ccccc2C#N)CC1. The molecule has 0 unspecified atom stereocenters. The highest BCUT2D eigenvalue weighted by Crippen LogP contribution is 2.25. The van der Waals surface area contributed by atoms with E-state index in [1.54, 1.807) is 12.1 Å². The molecular formula is C14H18N2O2S. The fourth-order valence-corrected chi connectivity index (χ4v) is 3.92. The molecule has 1 aliphatic rings. The summed E-state index contributed by atoms with van der Waals surface area (Å²) < 4.78 is 27.3. The number of hydrogen-bond acceptors (Lipinski definition) is 3. The second-order valence-corrected chi connectivity index (χ2v) is 6.87. The number of nitriles is 1. The van der Waals surface area contributed by atoms with Gasteiger partial charge in [0.1, 0.15) is 6.07 Å². The highest BCUT2D eigenvalue weighted by molar-refractivity contribution is 7.89. The van der Waals surface area contributed by atoms with Crippen LogP contribution in [0.15, 0.2) is 29.2 Å². The van der Waals surface area contributed by atoms with Gasteiger partial charge in [-0.05, 0) is 43.7 Å². The largest absolute Gasteiger partial charge is 0.242 e. The van der Waals surface area contributed by atoms with E-state index in [4.69, 9.17) is 5.26 Å². The van der Waals surface area contributed by atoms with Crippen molar-refractivity contribution in [2.24, 2.45) is 5.92 Å². The summed E-state index contributed by atoms with van der Waals surface area (Å²) >= 11 is 0. The van der Waals surface area contributed by atoms with Gasteiger partial charge in [-0.15, -0.1) is 0 Å². The van der Waals surface area contributed by atoms with Crippen molar-refractivity contribution in [2.75, 3.05) is 0 Å². The maximum Gasteiger partial charge on any atom is 0.242 e. The van der Waals surface area contributed by atoms with Crippen LogP contribution in [0.5, 0.6) is 0 Å². The molecule has 0 atom stereocenters. The maximum atomic E-state index is 12.3. The van der Waals surface area contributed by atoms with Gasteiger partial charge in [0.25, 0.3) is 0 Å². The Balaban J connectivity index is 2.17. The van der Waals surface area contributed by atoms with Crippen LogP contribution in [0.4, 0.5) is 0 Å². The molecule has 1 fully saturated rings. The van der Waals surface area contributed by atoms with Crippen LogP contribution >= 0.6 is 0 Å². The summed E-state index contributed by atoms with van der Waals surface area (Å²) in [6.45, 7) is 2.19. The van der Waals surface area contributed by atoms with E-state index >= 15 is 0 Å². The molecule has 1 aliphatic carbocycles. The maximum absolute atomic E-state index is 12.3. The Morgan fingerprint density at radius 1 is 1.21 bits per heavy atom. The molecule has 102 valence electrons. The Hall–Kier alpha value is -1.38. The second-order valence-electron chi connectivity index (χ2n) is 5.19. The Kier molecular flexibility index (Phi) is 4.23. The lowest BCUT2D eigenvalue weighted by Crippen LogP contribution is -2.37. The molecule has 0 aliphatic heterocycles. The lowest BCUT2D eigenvalue weighted by molar-refractivity contribution is 0.332. The van der Waals surface area contributed by atoms with E-state index in [-0.39, 0.29) is 16.5 Å². The quantitative estimate of drug-likeness (QED) is 0.923. The third-order valence-corrected chi connectivity index (χ3v) is 5.21. The van der Waals surface area contributed by atoms with Gasteiger partial charge < -0.3 is 0 Å². The van der Waals surface area contributed by atoms with Crippen LogP contribution in [0.3, 0.4) is 0 Å². The molecule has 2 rings (SSSR count). The molecule has 0 spiro atoms. The summed E-state index contributed by atoms with van der Waals surface area (Å²) in [5.41, 5.74) is 0.194. The molecule has 0 amide bonds. The normalized spacial score (nSPS) is 23.8. The summed E-state index contributed by atoms with van der Waals surface area (Å²) in [5, 5.41) is 8.98. The van der Waals surface area contributed by atoms with E-state index in [2.05, 4.69) is 11.6 Å². The fourth-order valence-electron chi connectivity index (χ4n) is 2.45. The fraction of sp³-hybridized carbons (Fsp3) is 0.500.